The summed E-state index contributed by atoms with van der Waals surface area (Å²) in [4.78, 5) is 17.7. The van der Waals surface area contributed by atoms with E-state index in [1.165, 1.54) is 0 Å². The first-order valence-electron chi connectivity index (χ1n) is 8.82. The first-order chi connectivity index (χ1) is 11.9. The number of hydrogen-bond acceptors (Lipinski definition) is 5. The van der Waals surface area contributed by atoms with Crippen LogP contribution in [0.4, 0.5) is 0 Å². The van der Waals surface area contributed by atoms with Crippen molar-refractivity contribution >= 4 is 22.7 Å². The average molecular weight is 362 g/mol. The summed E-state index contributed by atoms with van der Waals surface area (Å²) < 4.78 is 13.3. The normalized spacial score (nSPS) is 18.1. The van der Waals surface area contributed by atoms with Crippen LogP contribution in [0.3, 0.4) is 0 Å². The van der Waals surface area contributed by atoms with Gasteiger partial charge in [-0.25, -0.2) is 4.98 Å². The molecule has 1 atom stereocenters. The molecule has 0 amide bonds. The molecule has 1 fully saturated rings. The van der Waals surface area contributed by atoms with Gasteiger partial charge >= 0.3 is 0 Å². The van der Waals surface area contributed by atoms with Crippen molar-refractivity contribution in [2.75, 3.05) is 19.0 Å². The highest BCUT2D eigenvalue weighted by atomic mass is 32.2. The van der Waals surface area contributed by atoms with E-state index in [2.05, 4.69) is 0 Å². The van der Waals surface area contributed by atoms with Crippen molar-refractivity contribution in [2.45, 2.75) is 57.0 Å². The number of para-hydroxylation sites is 1. The summed E-state index contributed by atoms with van der Waals surface area (Å²) in [6.45, 7) is 8.09. The van der Waals surface area contributed by atoms with Gasteiger partial charge in [0.05, 0.1) is 35.8 Å². The van der Waals surface area contributed by atoms with Crippen molar-refractivity contribution in [1.82, 2.24) is 9.55 Å². The van der Waals surface area contributed by atoms with Gasteiger partial charge in [-0.1, -0.05) is 23.9 Å². The lowest BCUT2D eigenvalue weighted by atomic mass is 10.2. The maximum Gasteiger partial charge on any atom is 0.262 e. The minimum Gasteiger partial charge on any atom is -0.376 e. The first kappa shape index (κ1) is 18.4. The highest BCUT2D eigenvalue weighted by Gasteiger charge is 2.20. The van der Waals surface area contributed by atoms with Crippen molar-refractivity contribution in [3.63, 3.8) is 0 Å². The predicted molar refractivity (Wildman–Crippen MR) is 101 cm³/mol. The van der Waals surface area contributed by atoms with Crippen LogP contribution >= 0.6 is 11.8 Å². The third-order valence-corrected chi connectivity index (χ3v) is 5.03. The molecule has 2 heterocycles. The summed E-state index contributed by atoms with van der Waals surface area (Å²) in [6, 6.07) is 7.53. The van der Waals surface area contributed by atoms with Gasteiger partial charge in [-0.15, -0.1) is 0 Å². The molecule has 1 unspecified atom stereocenters. The van der Waals surface area contributed by atoms with E-state index >= 15 is 0 Å². The Kier molecular flexibility index (Phi) is 5.81. The SMILES string of the molecule is CC(C)(C)OCCSc1nc2ccccc2c(=O)n1CC1CCCO1. The number of nitrogens with zero attached hydrogens (tertiary/aromatic N) is 2. The number of hydrogen-bond donors (Lipinski definition) is 0. The average Bonchev–Trinajstić information content (AvgIpc) is 3.07. The molecule has 1 aromatic carbocycles. The molecule has 3 rings (SSSR count). The van der Waals surface area contributed by atoms with E-state index in [9.17, 15) is 4.79 Å². The van der Waals surface area contributed by atoms with Crippen LogP contribution in [0, 0.1) is 0 Å². The van der Waals surface area contributed by atoms with Crippen LogP contribution in [-0.2, 0) is 16.0 Å². The minimum atomic E-state index is -0.158. The molecule has 1 saturated heterocycles. The Morgan fingerprint density at radius 1 is 1.36 bits per heavy atom. The number of aromatic nitrogens is 2. The number of benzene rings is 1. The molecule has 0 saturated carbocycles. The zero-order valence-electron chi connectivity index (χ0n) is 15.2. The molecule has 1 aliphatic heterocycles. The molecule has 0 N–H and O–H groups in total. The van der Waals surface area contributed by atoms with Gasteiger partial charge in [0, 0.05) is 12.4 Å². The first-order valence-corrected chi connectivity index (χ1v) is 9.80. The van der Waals surface area contributed by atoms with Crippen molar-refractivity contribution in [2.24, 2.45) is 0 Å². The Balaban J connectivity index is 1.84. The van der Waals surface area contributed by atoms with Crippen LogP contribution < -0.4 is 5.56 Å². The molecule has 0 radical (unpaired) electrons. The Morgan fingerprint density at radius 2 is 2.16 bits per heavy atom. The number of fused-ring (bicyclic) bond motifs is 1. The Bertz CT molecular complexity index is 776. The summed E-state index contributed by atoms with van der Waals surface area (Å²) in [5.41, 5.74) is 0.602. The quantitative estimate of drug-likeness (QED) is 0.447. The topological polar surface area (TPSA) is 53.3 Å². The zero-order chi connectivity index (χ0) is 17.9. The van der Waals surface area contributed by atoms with Crippen molar-refractivity contribution in [1.29, 1.82) is 0 Å². The predicted octanol–water partition coefficient (Wildman–Crippen LogP) is 3.48. The zero-order valence-corrected chi connectivity index (χ0v) is 16.0. The van der Waals surface area contributed by atoms with Crippen molar-refractivity contribution in [3.05, 3.63) is 34.6 Å². The molecule has 0 bridgehead atoms. The summed E-state index contributed by atoms with van der Waals surface area (Å²) in [5, 5.41) is 1.41. The third kappa shape index (κ3) is 4.84. The fraction of sp³-hybridized carbons (Fsp3) is 0.579. The van der Waals surface area contributed by atoms with E-state index in [1.807, 2.05) is 45.0 Å². The van der Waals surface area contributed by atoms with Gasteiger partial charge in [0.15, 0.2) is 5.16 Å². The molecular weight excluding hydrogens is 336 g/mol. The Labute approximate surface area is 152 Å². The molecule has 5 nitrogen and oxygen atoms in total. The molecule has 0 spiro atoms. The number of thioether (sulfide) groups is 1. The van der Waals surface area contributed by atoms with Crippen LogP contribution in [0.25, 0.3) is 10.9 Å². The molecule has 25 heavy (non-hydrogen) atoms. The fourth-order valence-corrected chi connectivity index (χ4v) is 3.72. The van der Waals surface area contributed by atoms with E-state index in [0.29, 0.717) is 18.5 Å². The number of rotatable bonds is 6. The highest BCUT2D eigenvalue weighted by molar-refractivity contribution is 7.99. The fourth-order valence-electron chi connectivity index (χ4n) is 2.89. The van der Waals surface area contributed by atoms with E-state index in [4.69, 9.17) is 14.5 Å². The summed E-state index contributed by atoms with van der Waals surface area (Å²) in [7, 11) is 0. The smallest absolute Gasteiger partial charge is 0.262 e. The lowest BCUT2D eigenvalue weighted by Crippen LogP contribution is -2.29. The summed E-state index contributed by atoms with van der Waals surface area (Å²) in [6.07, 6.45) is 2.16. The van der Waals surface area contributed by atoms with Crippen LogP contribution in [0.15, 0.2) is 34.2 Å². The van der Waals surface area contributed by atoms with Crippen LogP contribution in [0.2, 0.25) is 0 Å². The summed E-state index contributed by atoms with van der Waals surface area (Å²) >= 11 is 1.57. The van der Waals surface area contributed by atoms with Gasteiger partial charge in [-0.3, -0.25) is 9.36 Å². The largest absolute Gasteiger partial charge is 0.376 e. The van der Waals surface area contributed by atoms with Gasteiger partial charge in [-0.05, 0) is 45.7 Å². The minimum absolute atomic E-state index is 0.0142. The van der Waals surface area contributed by atoms with Gasteiger partial charge in [0.25, 0.3) is 5.56 Å². The second-order valence-corrected chi connectivity index (χ2v) is 8.33. The highest BCUT2D eigenvalue weighted by Crippen LogP contribution is 2.21. The van der Waals surface area contributed by atoms with Crippen molar-refractivity contribution in [3.8, 4) is 0 Å². The maximum atomic E-state index is 13.0. The lowest BCUT2D eigenvalue weighted by Gasteiger charge is -2.20. The van der Waals surface area contributed by atoms with E-state index < -0.39 is 0 Å². The summed E-state index contributed by atoms with van der Waals surface area (Å²) in [5.74, 6) is 0.758. The van der Waals surface area contributed by atoms with Gasteiger partial charge in [0.2, 0.25) is 0 Å². The van der Waals surface area contributed by atoms with Gasteiger partial charge < -0.3 is 9.47 Å². The van der Waals surface area contributed by atoms with Gasteiger partial charge in [-0.2, -0.15) is 0 Å². The molecule has 1 aromatic heterocycles. The standard InChI is InChI=1S/C19H26N2O3S/c1-19(2,3)24-11-12-25-18-20-16-9-5-4-8-15(16)17(22)21(18)13-14-7-6-10-23-14/h4-5,8-9,14H,6-7,10-13H2,1-3H3. The molecule has 136 valence electrons. The number of ether oxygens (including phenoxy) is 2. The van der Waals surface area contributed by atoms with Gasteiger partial charge in [0.1, 0.15) is 0 Å². The molecular formula is C19H26N2O3S. The lowest BCUT2D eigenvalue weighted by molar-refractivity contribution is 0.00692. The monoisotopic (exact) mass is 362 g/mol. The molecule has 0 aliphatic carbocycles. The third-order valence-electron chi connectivity index (χ3n) is 4.09. The van der Waals surface area contributed by atoms with E-state index in [0.717, 1.165) is 35.9 Å². The van der Waals surface area contributed by atoms with E-state index in [-0.39, 0.29) is 17.3 Å². The van der Waals surface area contributed by atoms with Crippen molar-refractivity contribution < 1.29 is 9.47 Å². The molecule has 2 aromatic rings. The Hall–Kier alpha value is -1.37. The maximum absolute atomic E-state index is 13.0. The van der Waals surface area contributed by atoms with Crippen LogP contribution in [-0.4, -0.2) is 40.2 Å². The second kappa shape index (κ2) is 7.89. The van der Waals surface area contributed by atoms with E-state index in [1.54, 1.807) is 16.3 Å². The molecule has 1 aliphatic rings. The molecule has 6 heteroatoms. The Morgan fingerprint density at radius 3 is 2.88 bits per heavy atom. The second-order valence-electron chi connectivity index (χ2n) is 7.27. The van der Waals surface area contributed by atoms with Crippen LogP contribution in [0.5, 0.6) is 0 Å². The van der Waals surface area contributed by atoms with Crippen LogP contribution in [0.1, 0.15) is 33.6 Å².